The van der Waals surface area contributed by atoms with Crippen LogP contribution in [0.5, 0.6) is 0 Å². The zero-order chi connectivity index (χ0) is 18.8. The molecule has 26 heavy (non-hydrogen) atoms. The van der Waals surface area contributed by atoms with Gasteiger partial charge in [0.2, 0.25) is 0 Å². The molecule has 0 bridgehead atoms. The van der Waals surface area contributed by atoms with Crippen LogP contribution >= 0.6 is 23.1 Å². The van der Waals surface area contributed by atoms with Crippen LogP contribution < -0.4 is 5.32 Å². The van der Waals surface area contributed by atoms with E-state index in [4.69, 9.17) is 4.74 Å². The van der Waals surface area contributed by atoms with Gasteiger partial charge in [0, 0.05) is 37.4 Å². The van der Waals surface area contributed by atoms with Crippen molar-refractivity contribution in [1.82, 2.24) is 15.2 Å². The smallest absolute Gasteiger partial charge is 0.271 e. The van der Waals surface area contributed by atoms with Crippen molar-refractivity contribution in [3.05, 3.63) is 16.1 Å². The van der Waals surface area contributed by atoms with Gasteiger partial charge in [0.15, 0.2) is 0 Å². The third kappa shape index (κ3) is 4.09. The lowest BCUT2D eigenvalue weighted by Gasteiger charge is -2.53. The van der Waals surface area contributed by atoms with Crippen molar-refractivity contribution < 1.29 is 14.6 Å². The lowest BCUT2D eigenvalue weighted by atomic mass is 9.73. The molecule has 1 spiro atoms. The Morgan fingerprint density at radius 2 is 2.23 bits per heavy atom. The number of amides is 1. The van der Waals surface area contributed by atoms with E-state index in [2.05, 4.69) is 21.5 Å². The summed E-state index contributed by atoms with van der Waals surface area (Å²) in [7, 11) is 0. The van der Waals surface area contributed by atoms with Crippen molar-refractivity contribution in [2.45, 2.75) is 50.4 Å². The van der Waals surface area contributed by atoms with Crippen LogP contribution in [0, 0.1) is 6.92 Å². The van der Waals surface area contributed by atoms with Crippen molar-refractivity contribution in [3.63, 3.8) is 0 Å². The number of ether oxygens (including phenoxy) is 1. The lowest BCUT2D eigenvalue weighted by Crippen LogP contribution is -2.69. The minimum absolute atomic E-state index is 0.217. The maximum atomic E-state index is 12.6. The fraction of sp³-hybridized carbons (Fsp3) is 0.778. The second-order valence-electron chi connectivity index (χ2n) is 7.52. The highest BCUT2D eigenvalue weighted by molar-refractivity contribution is 7.98. The molecule has 1 amide bonds. The van der Waals surface area contributed by atoms with E-state index in [-0.39, 0.29) is 5.91 Å². The standard InChI is InChI=1S/C18H29N3O3S2/c1-13-19-14(12-26-13)15(22)20-17(2)6-10-24-18(16(17)23)4-7-21(8-5-18)9-11-25-3/h12,16,23H,4-11H2,1-3H3,(H,20,22)/t16-,17+/m1/s1. The van der Waals surface area contributed by atoms with Gasteiger partial charge >= 0.3 is 0 Å². The van der Waals surface area contributed by atoms with E-state index < -0.39 is 17.2 Å². The predicted molar refractivity (Wildman–Crippen MR) is 106 cm³/mol. The molecule has 8 heteroatoms. The van der Waals surface area contributed by atoms with E-state index in [9.17, 15) is 9.90 Å². The van der Waals surface area contributed by atoms with Crippen molar-refractivity contribution in [3.8, 4) is 0 Å². The molecule has 3 heterocycles. The highest BCUT2D eigenvalue weighted by atomic mass is 32.2. The van der Waals surface area contributed by atoms with Crippen molar-refractivity contribution >= 4 is 29.0 Å². The summed E-state index contributed by atoms with van der Waals surface area (Å²) in [6.07, 6.45) is 3.58. The average Bonchev–Trinajstić information content (AvgIpc) is 3.06. The molecule has 2 aliphatic heterocycles. The normalized spacial score (nSPS) is 29.0. The lowest BCUT2D eigenvalue weighted by molar-refractivity contribution is -0.205. The van der Waals surface area contributed by atoms with Crippen molar-refractivity contribution in [2.75, 3.05) is 38.2 Å². The summed E-state index contributed by atoms with van der Waals surface area (Å²) in [5.74, 6) is 0.905. The highest BCUT2D eigenvalue weighted by Gasteiger charge is 2.53. The predicted octanol–water partition coefficient (Wildman–Crippen LogP) is 1.92. The maximum Gasteiger partial charge on any atom is 0.271 e. The number of hydrogen-bond donors (Lipinski definition) is 2. The number of aromatic nitrogens is 1. The molecule has 0 aromatic carbocycles. The van der Waals surface area contributed by atoms with Gasteiger partial charge in [-0.3, -0.25) is 4.79 Å². The molecule has 1 aromatic heterocycles. The number of carbonyl (C=O) groups is 1. The number of thioether (sulfide) groups is 1. The molecule has 0 saturated carbocycles. The molecular formula is C18H29N3O3S2. The van der Waals surface area contributed by atoms with Crippen molar-refractivity contribution in [1.29, 1.82) is 0 Å². The summed E-state index contributed by atoms with van der Waals surface area (Å²) < 4.78 is 6.11. The number of aryl methyl sites for hydroxylation is 1. The monoisotopic (exact) mass is 399 g/mol. The SMILES string of the molecule is CSCCN1CCC2(CC1)OCC[C@](C)(NC(=O)c1csc(C)n1)[C@H]2O. The fourth-order valence-corrected chi connectivity index (χ4v) is 5.01. The molecule has 3 rings (SSSR count). The number of hydrogen-bond acceptors (Lipinski definition) is 7. The number of rotatable bonds is 5. The Hall–Kier alpha value is -0.670. The minimum Gasteiger partial charge on any atom is -0.388 e. The van der Waals surface area contributed by atoms with Gasteiger partial charge < -0.3 is 20.1 Å². The first-order valence-corrected chi connectivity index (χ1v) is 11.4. The molecule has 0 radical (unpaired) electrons. The summed E-state index contributed by atoms with van der Waals surface area (Å²) in [4.78, 5) is 19.3. The highest BCUT2D eigenvalue weighted by Crippen LogP contribution is 2.40. The van der Waals surface area contributed by atoms with Crippen LogP contribution in [0.15, 0.2) is 5.38 Å². The van der Waals surface area contributed by atoms with Crippen LogP contribution in [0.3, 0.4) is 0 Å². The van der Waals surface area contributed by atoms with E-state index in [1.165, 1.54) is 11.3 Å². The summed E-state index contributed by atoms with van der Waals surface area (Å²) in [6, 6.07) is 0. The quantitative estimate of drug-likeness (QED) is 0.788. The van der Waals surface area contributed by atoms with Crippen molar-refractivity contribution in [2.24, 2.45) is 0 Å². The molecule has 2 fully saturated rings. The number of nitrogens with one attached hydrogen (secondary N) is 1. The first-order chi connectivity index (χ1) is 12.4. The summed E-state index contributed by atoms with van der Waals surface area (Å²) in [5.41, 5.74) is -0.837. The first kappa shape index (κ1) is 20.1. The molecular weight excluding hydrogens is 370 g/mol. The zero-order valence-corrected chi connectivity index (χ0v) is 17.4. The van der Waals surface area contributed by atoms with Gasteiger partial charge in [0.1, 0.15) is 11.8 Å². The summed E-state index contributed by atoms with van der Waals surface area (Å²) in [6.45, 7) is 7.28. The van der Waals surface area contributed by atoms with Crippen LogP contribution in [-0.2, 0) is 4.74 Å². The van der Waals surface area contributed by atoms with E-state index in [0.29, 0.717) is 18.7 Å². The van der Waals surface area contributed by atoms with Gasteiger partial charge in [0.05, 0.1) is 16.1 Å². The zero-order valence-electron chi connectivity index (χ0n) is 15.8. The third-order valence-electron chi connectivity index (χ3n) is 5.68. The van der Waals surface area contributed by atoms with Crippen LogP contribution in [0.1, 0.15) is 41.7 Å². The number of aliphatic hydroxyl groups is 1. The summed E-state index contributed by atoms with van der Waals surface area (Å²) in [5, 5.41) is 16.9. The van der Waals surface area contributed by atoms with Crippen LogP contribution in [0.2, 0.25) is 0 Å². The van der Waals surface area contributed by atoms with Gasteiger partial charge in [-0.05, 0) is 39.4 Å². The van der Waals surface area contributed by atoms with Crippen LogP contribution in [0.4, 0.5) is 0 Å². The Morgan fingerprint density at radius 3 is 2.85 bits per heavy atom. The maximum absolute atomic E-state index is 12.6. The van der Waals surface area contributed by atoms with E-state index in [1.54, 1.807) is 5.38 Å². The number of piperidine rings is 1. The van der Waals surface area contributed by atoms with Gasteiger partial charge in [-0.15, -0.1) is 11.3 Å². The molecule has 2 saturated heterocycles. The Morgan fingerprint density at radius 1 is 1.50 bits per heavy atom. The number of thiazole rings is 1. The number of aliphatic hydroxyl groups excluding tert-OH is 1. The number of carbonyl (C=O) groups excluding carboxylic acids is 1. The van der Waals surface area contributed by atoms with Gasteiger partial charge in [-0.2, -0.15) is 11.8 Å². The molecule has 2 atom stereocenters. The first-order valence-electron chi connectivity index (χ1n) is 9.16. The Bertz CT molecular complexity index is 631. The van der Waals surface area contributed by atoms with E-state index in [1.807, 2.05) is 25.6 Å². The van der Waals surface area contributed by atoms with E-state index in [0.717, 1.165) is 43.2 Å². The third-order valence-corrected chi connectivity index (χ3v) is 7.04. The summed E-state index contributed by atoms with van der Waals surface area (Å²) >= 11 is 3.31. The Labute approximate surface area is 163 Å². The molecule has 6 nitrogen and oxygen atoms in total. The number of likely N-dealkylation sites (tertiary alicyclic amines) is 1. The topological polar surface area (TPSA) is 74.7 Å². The molecule has 1 aromatic rings. The average molecular weight is 400 g/mol. The minimum atomic E-state index is -0.727. The molecule has 2 aliphatic rings. The van der Waals surface area contributed by atoms with Crippen LogP contribution in [-0.4, -0.2) is 76.4 Å². The van der Waals surface area contributed by atoms with Crippen LogP contribution in [0.25, 0.3) is 0 Å². The second-order valence-corrected chi connectivity index (χ2v) is 9.57. The largest absolute Gasteiger partial charge is 0.388 e. The van der Waals surface area contributed by atoms with Gasteiger partial charge in [-0.1, -0.05) is 0 Å². The van der Waals surface area contributed by atoms with Gasteiger partial charge in [0.25, 0.3) is 5.91 Å². The fourth-order valence-electron chi connectivity index (χ4n) is 3.98. The molecule has 0 unspecified atom stereocenters. The van der Waals surface area contributed by atoms with E-state index >= 15 is 0 Å². The molecule has 0 aliphatic carbocycles. The second kappa shape index (κ2) is 8.14. The molecule has 2 N–H and O–H groups in total. The van der Waals surface area contributed by atoms with Gasteiger partial charge in [-0.25, -0.2) is 4.98 Å². The Balaban J connectivity index is 1.67. The number of nitrogens with zero attached hydrogens (tertiary/aromatic N) is 2. The Kier molecular flexibility index (Phi) is 6.29. The molecule has 146 valence electrons.